The fourth-order valence-corrected chi connectivity index (χ4v) is 3.25. The van der Waals surface area contributed by atoms with Crippen LogP contribution >= 0.6 is 0 Å². The molecule has 0 amide bonds. The summed E-state index contributed by atoms with van der Waals surface area (Å²) in [5.41, 5.74) is 0.474. The van der Waals surface area contributed by atoms with E-state index in [1.807, 2.05) is 0 Å². The molecule has 1 fully saturated rings. The van der Waals surface area contributed by atoms with Gasteiger partial charge in [-0.15, -0.1) is 0 Å². The minimum atomic E-state index is 0.474. The Kier molecular flexibility index (Phi) is 5.46. The highest BCUT2D eigenvalue weighted by Crippen LogP contribution is 2.40. The minimum Gasteiger partial charge on any atom is -0.314 e. The van der Waals surface area contributed by atoms with E-state index in [2.05, 4.69) is 52.0 Å². The summed E-state index contributed by atoms with van der Waals surface area (Å²) in [6.45, 7) is 11.8. The van der Waals surface area contributed by atoms with Gasteiger partial charge in [0.1, 0.15) is 0 Å². The molecule has 1 aliphatic rings. The highest BCUT2D eigenvalue weighted by atomic mass is 15.1. The van der Waals surface area contributed by atoms with Crippen molar-refractivity contribution < 1.29 is 0 Å². The zero-order valence-electron chi connectivity index (χ0n) is 12.7. The van der Waals surface area contributed by atoms with E-state index >= 15 is 0 Å². The van der Waals surface area contributed by atoms with Crippen LogP contribution in [0.5, 0.6) is 0 Å². The van der Waals surface area contributed by atoms with Crippen molar-refractivity contribution in [2.45, 2.75) is 53.0 Å². The van der Waals surface area contributed by atoms with Gasteiger partial charge in [0.2, 0.25) is 0 Å². The van der Waals surface area contributed by atoms with Crippen LogP contribution in [0.3, 0.4) is 0 Å². The maximum atomic E-state index is 3.69. The van der Waals surface area contributed by atoms with Gasteiger partial charge < -0.3 is 10.2 Å². The Morgan fingerprint density at radius 1 is 1.18 bits per heavy atom. The lowest BCUT2D eigenvalue weighted by Gasteiger charge is -2.43. The van der Waals surface area contributed by atoms with Crippen molar-refractivity contribution >= 4 is 0 Å². The normalized spacial score (nSPS) is 30.9. The number of hydrogen-bond donors (Lipinski definition) is 1. The van der Waals surface area contributed by atoms with Gasteiger partial charge in [0, 0.05) is 12.6 Å². The van der Waals surface area contributed by atoms with Crippen molar-refractivity contribution in [1.29, 1.82) is 0 Å². The number of rotatable bonds is 4. The molecule has 0 aromatic rings. The van der Waals surface area contributed by atoms with E-state index in [9.17, 15) is 0 Å². The molecule has 0 aliphatic heterocycles. The molecule has 1 rings (SSSR count). The molecule has 0 bridgehead atoms. The van der Waals surface area contributed by atoms with Gasteiger partial charge in [-0.25, -0.2) is 0 Å². The first-order valence-corrected chi connectivity index (χ1v) is 7.22. The molecule has 3 unspecified atom stereocenters. The molecule has 1 saturated carbocycles. The Labute approximate surface area is 108 Å². The Morgan fingerprint density at radius 2 is 1.82 bits per heavy atom. The van der Waals surface area contributed by atoms with Gasteiger partial charge in [-0.05, 0) is 57.2 Å². The molecule has 0 aromatic carbocycles. The number of nitrogens with one attached hydrogen (secondary N) is 1. The van der Waals surface area contributed by atoms with Crippen LogP contribution in [0.15, 0.2) is 0 Å². The molecule has 0 heterocycles. The van der Waals surface area contributed by atoms with Crippen molar-refractivity contribution in [3.8, 4) is 0 Å². The molecule has 17 heavy (non-hydrogen) atoms. The van der Waals surface area contributed by atoms with E-state index in [1.165, 1.54) is 25.8 Å². The van der Waals surface area contributed by atoms with Crippen molar-refractivity contribution in [3.63, 3.8) is 0 Å². The van der Waals surface area contributed by atoms with Crippen LogP contribution in [0.25, 0.3) is 0 Å². The highest BCUT2D eigenvalue weighted by molar-refractivity contribution is 4.89. The van der Waals surface area contributed by atoms with Gasteiger partial charge in [0.05, 0.1) is 0 Å². The van der Waals surface area contributed by atoms with Crippen LogP contribution in [-0.2, 0) is 0 Å². The van der Waals surface area contributed by atoms with Gasteiger partial charge in [-0.2, -0.15) is 0 Å². The maximum Gasteiger partial charge on any atom is 0.0108 e. The van der Waals surface area contributed by atoms with E-state index in [-0.39, 0.29) is 0 Å². The van der Waals surface area contributed by atoms with Crippen molar-refractivity contribution in [2.75, 3.05) is 27.2 Å². The van der Waals surface area contributed by atoms with E-state index in [0.717, 1.165) is 24.4 Å². The minimum absolute atomic E-state index is 0.474. The van der Waals surface area contributed by atoms with E-state index in [1.54, 1.807) is 0 Å². The predicted molar refractivity (Wildman–Crippen MR) is 76.3 cm³/mol. The third kappa shape index (κ3) is 4.59. The third-order valence-electron chi connectivity index (χ3n) is 4.27. The SMILES string of the molecule is CCNC1CCC(C(C)(C)C)CC1CN(C)C. The number of hydrogen-bond acceptors (Lipinski definition) is 2. The van der Waals surface area contributed by atoms with Crippen LogP contribution in [0.2, 0.25) is 0 Å². The molecule has 102 valence electrons. The highest BCUT2D eigenvalue weighted by Gasteiger charge is 2.35. The molecule has 0 radical (unpaired) electrons. The third-order valence-corrected chi connectivity index (χ3v) is 4.27. The van der Waals surface area contributed by atoms with Gasteiger partial charge in [-0.3, -0.25) is 0 Å². The topological polar surface area (TPSA) is 15.3 Å². The second-order valence-corrected chi connectivity index (χ2v) is 7.06. The Morgan fingerprint density at radius 3 is 2.29 bits per heavy atom. The molecule has 1 aliphatic carbocycles. The first-order chi connectivity index (χ1) is 7.84. The van der Waals surface area contributed by atoms with Crippen LogP contribution in [-0.4, -0.2) is 38.1 Å². The second kappa shape index (κ2) is 6.19. The van der Waals surface area contributed by atoms with Crippen molar-refractivity contribution in [2.24, 2.45) is 17.3 Å². The number of nitrogens with zero attached hydrogens (tertiary/aromatic N) is 1. The zero-order valence-corrected chi connectivity index (χ0v) is 12.7. The average Bonchev–Trinajstić information content (AvgIpc) is 2.18. The predicted octanol–water partition coefficient (Wildman–Crippen LogP) is 2.99. The van der Waals surface area contributed by atoms with Gasteiger partial charge in [0.15, 0.2) is 0 Å². The molecule has 1 N–H and O–H groups in total. The molecule has 0 aromatic heterocycles. The summed E-state index contributed by atoms with van der Waals surface area (Å²) in [5.74, 6) is 1.71. The van der Waals surface area contributed by atoms with Crippen LogP contribution in [0.1, 0.15) is 47.0 Å². The largest absolute Gasteiger partial charge is 0.314 e. The molecular formula is C15H32N2. The summed E-state index contributed by atoms with van der Waals surface area (Å²) < 4.78 is 0. The van der Waals surface area contributed by atoms with E-state index in [0.29, 0.717) is 5.41 Å². The molecule has 2 nitrogen and oxygen atoms in total. The van der Waals surface area contributed by atoms with Crippen LogP contribution in [0.4, 0.5) is 0 Å². The summed E-state index contributed by atoms with van der Waals surface area (Å²) in [4.78, 5) is 2.35. The molecular weight excluding hydrogens is 208 g/mol. The Hall–Kier alpha value is -0.0800. The monoisotopic (exact) mass is 240 g/mol. The van der Waals surface area contributed by atoms with Crippen LogP contribution in [0, 0.1) is 17.3 Å². The molecule has 0 saturated heterocycles. The lowest BCUT2D eigenvalue weighted by atomic mass is 9.67. The standard InChI is InChI=1S/C15H32N2/c1-7-16-14-9-8-13(15(2,3)4)10-12(14)11-17(5)6/h12-14,16H,7-11H2,1-6H3. The quantitative estimate of drug-likeness (QED) is 0.812. The zero-order chi connectivity index (χ0) is 13.1. The lowest BCUT2D eigenvalue weighted by molar-refractivity contribution is 0.0989. The average molecular weight is 240 g/mol. The molecule has 0 spiro atoms. The maximum absolute atomic E-state index is 3.69. The smallest absolute Gasteiger partial charge is 0.0108 e. The molecule has 3 atom stereocenters. The fraction of sp³-hybridized carbons (Fsp3) is 1.00. The summed E-state index contributed by atoms with van der Waals surface area (Å²) in [7, 11) is 4.40. The summed E-state index contributed by atoms with van der Waals surface area (Å²) in [6.07, 6.45) is 4.14. The van der Waals surface area contributed by atoms with Gasteiger partial charge in [-0.1, -0.05) is 27.7 Å². The first kappa shape index (κ1) is 15.0. The second-order valence-electron chi connectivity index (χ2n) is 7.06. The van der Waals surface area contributed by atoms with Crippen molar-refractivity contribution in [1.82, 2.24) is 10.2 Å². The first-order valence-electron chi connectivity index (χ1n) is 7.22. The Balaban J connectivity index is 2.62. The summed E-state index contributed by atoms with van der Waals surface area (Å²) >= 11 is 0. The van der Waals surface area contributed by atoms with Gasteiger partial charge >= 0.3 is 0 Å². The fourth-order valence-electron chi connectivity index (χ4n) is 3.25. The molecule has 2 heteroatoms. The summed E-state index contributed by atoms with van der Waals surface area (Å²) in [5, 5.41) is 3.69. The van der Waals surface area contributed by atoms with Crippen molar-refractivity contribution in [3.05, 3.63) is 0 Å². The van der Waals surface area contributed by atoms with E-state index in [4.69, 9.17) is 0 Å². The lowest BCUT2D eigenvalue weighted by Crippen LogP contribution is -2.46. The summed E-state index contributed by atoms with van der Waals surface area (Å²) in [6, 6.07) is 0.737. The van der Waals surface area contributed by atoms with Crippen LogP contribution < -0.4 is 5.32 Å². The Bertz CT molecular complexity index is 217. The van der Waals surface area contributed by atoms with Gasteiger partial charge in [0.25, 0.3) is 0 Å². The van der Waals surface area contributed by atoms with E-state index < -0.39 is 0 Å².